The maximum absolute atomic E-state index is 13.4. The van der Waals surface area contributed by atoms with Crippen molar-refractivity contribution in [1.82, 2.24) is 10.2 Å². The van der Waals surface area contributed by atoms with E-state index in [1.54, 1.807) is 12.1 Å². The number of nitrogens with zero attached hydrogens (tertiary/aromatic N) is 1. The third-order valence-corrected chi connectivity index (χ3v) is 4.66. The lowest BCUT2D eigenvalue weighted by atomic mass is 9.97. The molecule has 2 heterocycles. The standard InChI is InChI=1S/C16H20F2N2O2/c17-16(18)21-14-3-1-2-12(15(14)22-16)13(10-11-4-5-11)20-8-6-19-7-9-20/h1-3,11,13,19H,4-10H2/t13-/m1/s1. The Bertz CT molecular complexity index is 557. The molecular weight excluding hydrogens is 290 g/mol. The van der Waals surface area contributed by atoms with Crippen molar-refractivity contribution in [1.29, 1.82) is 0 Å². The highest BCUT2D eigenvalue weighted by molar-refractivity contribution is 5.50. The minimum atomic E-state index is -3.55. The van der Waals surface area contributed by atoms with Crippen molar-refractivity contribution in [3.63, 3.8) is 0 Å². The third kappa shape index (κ3) is 2.77. The van der Waals surface area contributed by atoms with Gasteiger partial charge in [-0.1, -0.05) is 25.0 Å². The first kappa shape index (κ1) is 14.2. The highest BCUT2D eigenvalue weighted by atomic mass is 19.3. The van der Waals surface area contributed by atoms with Gasteiger partial charge in [-0.15, -0.1) is 8.78 Å². The summed E-state index contributed by atoms with van der Waals surface area (Å²) in [5.41, 5.74) is 0.837. The lowest BCUT2D eigenvalue weighted by Crippen LogP contribution is -2.45. The maximum Gasteiger partial charge on any atom is 0.586 e. The van der Waals surface area contributed by atoms with Crippen LogP contribution in [0.1, 0.15) is 30.9 Å². The lowest BCUT2D eigenvalue weighted by Gasteiger charge is -2.35. The second-order valence-corrected chi connectivity index (χ2v) is 6.32. The van der Waals surface area contributed by atoms with Crippen LogP contribution in [0.3, 0.4) is 0 Å². The molecule has 22 heavy (non-hydrogen) atoms. The van der Waals surface area contributed by atoms with E-state index in [1.807, 2.05) is 6.07 Å². The molecule has 0 radical (unpaired) electrons. The molecule has 2 fully saturated rings. The molecule has 1 aromatic rings. The second-order valence-electron chi connectivity index (χ2n) is 6.32. The van der Waals surface area contributed by atoms with Gasteiger partial charge in [0, 0.05) is 37.8 Å². The summed E-state index contributed by atoms with van der Waals surface area (Å²) < 4.78 is 36.3. The summed E-state index contributed by atoms with van der Waals surface area (Å²) in [6.07, 6.45) is -0.0618. The monoisotopic (exact) mass is 310 g/mol. The van der Waals surface area contributed by atoms with E-state index in [9.17, 15) is 8.78 Å². The van der Waals surface area contributed by atoms with E-state index >= 15 is 0 Å². The van der Waals surface area contributed by atoms with Crippen LogP contribution < -0.4 is 14.8 Å². The van der Waals surface area contributed by atoms with Gasteiger partial charge in [-0.05, 0) is 18.4 Å². The molecule has 0 aromatic heterocycles. The Morgan fingerprint density at radius 2 is 2.00 bits per heavy atom. The van der Waals surface area contributed by atoms with E-state index in [0.717, 1.165) is 38.2 Å². The molecule has 120 valence electrons. The Balaban J connectivity index is 1.66. The zero-order chi connectivity index (χ0) is 15.2. The molecule has 1 aliphatic carbocycles. The first-order valence-electron chi connectivity index (χ1n) is 7.96. The van der Waals surface area contributed by atoms with Crippen LogP contribution in [0.4, 0.5) is 8.78 Å². The van der Waals surface area contributed by atoms with E-state index in [-0.39, 0.29) is 17.5 Å². The Kier molecular flexibility index (Phi) is 3.46. The Labute approximate surface area is 128 Å². The predicted octanol–water partition coefficient (Wildman–Crippen LogP) is 2.75. The first-order valence-corrected chi connectivity index (χ1v) is 7.96. The summed E-state index contributed by atoms with van der Waals surface area (Å²) in [4.78, 5) is 2.38. The van der Waals surface area contributed by atoms with Crippen molar-refractivity contribution >= 4 is 0 Å². The van der Waals surface area contributed by atoms with Crippen LogP contribution in [0, 0.1) is 5.92 Å². The van der Waals surface area contributed by atoms with Gasteiger partial charge in [0.15, 0.2) is 11.5 Å². The Morgan fingerprint density at radius 1 is 1.23 bits per heavy atom. The lowest BCUT2D eigenvalue weighted by molar-refractivity contribution is -0.287. The number of hydrogen-bond donors (Lipinski definition) is 1. The SMILES string of the molecule is FC1(F)Oc2cccc([C@@H](CC3CC3)N3CCNCC3)c2O1. The molecule has 0 spiro atoms. The molecular formula is C16H20F2N2O2. The number of benzene rings is 1. The summed E-state index contributed by atoms with van der Waals surface area (Å²) in [6.45, 7) is 3.73. The zero-order valence-corrected chi connectivity index (χ0v) is 12.4. The van der Waals surface area contributed by atoms with Crippen LogP contribution in [0.5, 0.6) is 11.5 Å². The molecule has 1 atom stereocenters. The van der Waals surface area contributed by atoms with Crippen molar-refractivity contribution in [2.75, 3.05) is 26.2 Å². The molecule has 4 rings (SSSR count). The molecule has 0 bridgehead atoms. The van der Waals surface area contributed by atoms with Crippen LogP contribution in [0.15, 0.2) is 18.2 Å². The number of halogens is 2. The number of fused-ring (bicyclic) bond motifs is 1. The smallest absolute Gasteiger partial charge is 0.395 e. The van der Waals surface area contributed by atoms with Gasteiger partial charge >= 0.3 is 6.29 Å². The summed E-state index contributed by atoms with van der Waals surface area (Å²) in [7, 11) is 0. The molecule has 0 unspecified atom stereocenters. The number of rotatable bonds is 4. The molecule has 2 aliphatic heterocycles. The van der Waals surface area contributed by atoms with Crippen LogP contribution in [0.2, 0.25) is 0 Å². The fourth-order valence-electron chi connectivity index (χ4n) is 3.39. The second kappa shape index (κ2) is 5.35. The van der Waals surface area contributed by atoms with Crippen LogP contribution >= 0.6 is 0 Å². The summed E-state index contributed by atoms with van der Waals surface area (Å²) in [5, 5.41) is 3.34. The Morgan fingerprint density at radius 3 is 2.73 bits per heavy atom. The normalized spacial score (nSPS) is 25.2. The van der Waals surface area contributed by atoms with E-state index in [4.69, 9.17) is 4.74 Å². The zero-order valence-electron chi connectivity index (χ0n) is 12.4. The topological polar surface area (TPSA) is 33.7 Å². The fraction of sp³-hybridized carbons (Fsp3) is 0.625. The average Bonchev–Trinajstić information content (AvgIpc) is 3.26. The summed E-state index contributed by atoms with van der Waals surface area (Å²) >= 11 is 0. The fourth-order valence-corrected chi connectivity index (χ4v) is 3.39. The predicted molar refractivity (Wildman–Crippen MR) is 77.2 cm³/mol. The van der Waals surface area contributed by atoms with E-state index in [2.05, 4.69) is 15.0 Å². The van der Waals surface area contributed by atoms with E-state index in [1.165, 1.54) is 12.8 Å². The number of nitrogens with one attached hydrogen (secondary N) is 1. The highest BCUT2D eigenvalue weighted by Gasteiger charge is 2.46. The van der Waals surface area contributed by atoms with Crippen molar-refractivity contribution in [3.8, 4) is 11.5 Å². The minimum Gasteiger partial charge on any atom is -0.395 e. The molecule has 3 aliphatic rings. The van der Waals surface area contributed by atoms with E-state index in [0.29, 0.717) is 5.92 Å². The number of ether oxygens (including phenoxy) is 2. The minimum absolute atomic E-state index is 0.127. The average molecular weight is 310 g/mol. The van der Waals surface area contributed by atoms with Gasteiger partial charge in [-0.2, -0.15) is 0 Å². The quantitative estimate of drug-likeness (QED) is 0.927. The van der Waals surface area contributed by atoms with Gasteiger partial charge < -0.3 is 14.8 Å². The third-order valence-electron chi connectivity index (χ3n) is 4.66. The molecule has 4 nitrogen and oxygen atoms in total. The van der Waals surface area contributed by atoms with Crippen molar-refractivity contribution in [2.45, 2.75) is 31.6 Å². The summed E-state index contributed by atoms with van der Waals surface area (Å²) in [6, 6.07) is 5.35. The molecule has 1 N–H and O–H groups in total. The number of hydrogen-bond acceptors (Lipinski definition) is 4. The summed E-state index contributed by atoms with van der Waals surface area (Å²) in [5.74, 6) is 1.08. The Hall–Kier alpha value is -1.40. The van der Waals surface area contributed by atoms with Crippen molar-refractivity contribution in [2.24, 2.45) is 5.92 Å². The van der Waals surface area contributed by atoms with Gasteiger partial charge in [-0.25, -0.2) is 0 Å². The molecule has 1 aromatic carbocycles. The highest BCUT2D eigenvalue weighted by Crippen LogP contribution is 2.49. The van der Waals surface area contributed by atoms with Gasteiger partial charge in [-0.3, -0.25) is 4.90 Å². The van der Waals surface area contributed by atoms with E-state index < -0.39 is 6.29 Å². The first-order chi connectivity index (χ1) is 10.6. The van der Waals surface area contributed by atoms with Gasteiger partial charge in [0.1, 0.15) is 0 Å². The van der Waals surface area contributed by atoms with Crippen LogP contribution in [-0.2, 0) is 0 Å². The van der Waals surface area contributed by atoms with Gasteiger partial charge in [0.05, 0.1) is 0 Å². The van der Waals surface area contributed by atoms with Crippen molar-refractivity contribution in [3.05, 3.63) is 23.8 Å². The molecule has 1 saturated heterocycles. The largest absolute Gasteiger partial charge is 0.586 e. The number of piperazine rings is 1. The van der Waals surface area contributed by atoms with Gasteiger partial charge in [0.25, 0.3) is 0 Å². The molecule has 0 amide bonds. The maximum atomic E-state index is 13.4. The van der Waals surface area contributed by atoms with Crippen LogP contribution in [0.25, 0.3) is 0 Å². The number of alkyl halides is 2. The number of para-hydroxylation sites is 1. The van der Waals surface area contributed by atoms with Gasteiger partial charge in [0.2, 0.25) is 0 Å². The van der Waals surface area contributed by atoms with Crippen LogP contribution in [-0.4, -0.2) is 37.4 Å². The van der Waals surface area contributed by atoms with Crippen molar-refractivity contribution < 1.29 is 18.3 Å². The molecule has 6 heteroatoms. The molecule has 1 saturated carbocycles.